The maximum atomic E-state index is 5.35. The van der Waals surface area contributed by atoms with E-state index in [1.165, 1.54) is 11.3 Å². The van der Waals surface area contributed by atoms with Crippen LogP contribution in [0.1, 0.15) is 18.2 Å². The fourth-order valence-electron chi connectivity index (χ4n) is 2.12. The van der Waals surface area contributed by atoms with Gasteiger partial charge in [0.2, 0.25) is 0 Å². The molecule has 0 bridgehead atoms. The minimum absolute atomic E-state index is 0.704. The van der Waals surface area contributed by atoms with Crippen LogP contribution in [0.2, 0.25) is 0 Å². The number of rotatable bonds is 6. The van der Waals surface area contributed by atoms with Crippen molar-refractivity contribution in [2.75, 3.05) is 19.5 Å². The number of nitrogens with zero attached hydrogens (tertiary/aromatic N) is 2. The van der Waals surface area contributed by atoms with Crippen molar-refractivity contribution in [2.24, 2.45) is 0 Å². The van der Waals surface area contributed by atoms with Crippen LogP contribution in [0.25, 0.3) is 0 Å². The zero-order valence-electron chi connectivity index (χ0n) is 12.4. The summed E-state index contributed by atoms with van der Waals surface area (Å²) in [7, 11) is 3.31. The second kappa shape index (κ2) is 6.32. The highest BCUT2D eigenvalue weighted by atomic mass is 16.5. The van der Waals surface area contributed by atoms with Crippen LogP contribution in [0, 0.1) is 6.92 Å². The van der Waals surface area contributed by atoms with Gasteiger partial charge in [0.25, 0.3) is 0 Å². The molecule has 0 aliphatic heterocycles. The van der Waals surface area contributed by atoms with Crippen LogP contribution >= 0.6 is 0 Å². The van der Waals surface area contributed by atoms with E-state index in [2.05, 4.69) is 24.3 Å². The number of benzene rings is 1. The molecule has 0 aliphatic carbocycles. The average Bonchev–Trinajstić information content (AvgIpc) is 2.85. The van der Waals surface area contributed by atoms with Crippen LogP contribution < -0.4 is 14.8 Å². The Hall–Kier alpha value is -2.17. The summed E-state index contributed by atoms with van der Waals surface area (Å²) in [6.45, 7) is 5.75. The van der Waals surface area contributed by atoms with Crippen LogP contribution in [-0.4, -0.2) is 24.0 Å². The monoisotopic (exact) mass is 275 g/mol. The summed E-state index contributed by atoms with van der Waals surface area (Å²) in [6.07, 6.45) is 1.90. The van der Waals surface area contributed by atoms with Gasteiger partial charge >= 0.3 is 0 Å². The Morgan fingerprint density at radius 3 is 2.65 bits per heavy atom. The Labute approximate surface area is 119 Å². The first-order valence-electron chi connectivity index (χ1n) is 6.66. The van der Waals surface area contributed by atoms with Crippen molar-refractivity contribution in [2.45, 2.75) is 26.9 Å². The smallest absolute Gasteiger partial charge is 0.142 e. The van der Waals surface area contributed by atoms with Gasteiger partial charge in [0, 0.05) is 30.4 Å². The Kier molecular flexibility index (Phi) is 4.50. The summed E-state index contributed by atoms with van der Waals surface area (Å²) < 4.78 is 12.6. The van der Waals surface area contributed by atoms with E-state index < -0.39 is 0 Å². The molecule has 0 amide bonds. The molecule has 0 spiro atoms. The van der Waals surface area contributed by atoms with E-state index in [1.54, 1.807) is 14.2 Å². The molecule has 5 nitrogen and oxygen atoms in total. The number of anilines is 1. The van der Waals surface area contributed by atoms with Gasteiger partial charge in [-0.15, -0.1) is 0 Å². The van der Waals surface area contributed by atoms with E-state index in [1.807, 2.05) is 29.1 Å². The molecular weight excluding hydrogens is 254 g/mol. The molecule has 0 fully saturated rings. The first-order valence-corrected chi connectivity index (χ1v) is 6.66. The molecule has 0 radical (unpaired) electrons. The Balaban J connectivity index is 2.15. The highest BCUT2D eigenvalue weighted by molar-refractivity contribution is 5.60. The average molecular weight is 275 g/mol. The molecule has 0 unspecified atom stereocenters. The maximum Gasteiger partial charge on any atom is 0.142 e. The minimum atomic E-state index is 0.704. The van der Waals surface area contributed by atoms with Crippen molar-refractivity contribution >= 4 is 5.69 Å². The number of hydrogen-bond donors (Lipinski definition) is 1. The number of methoxy groups -OCH3 is 2. The largest absolute Gasteiger partial charge is 0.497 e. The summed E-state index contributed by atoms with van der Waals surface area (Å²) in [5.74, 6) is 1.60. The van der Waals surface area contributed by atoms with Crippen molar-refractivity contribution in [3.05, 3.63) is 35.7 Å². The zero-order valence-corrected chi connectivity index (χ0v) is 12.4. The summed E-state index contributed by atoms with van der Waals surface area (Å²) in [5.41, 5.74) is 3.27. The van der Waals surface area contributed by atoms with Crippen LogP contribution in [0.3, 0.4) is 0 Å². The van der Waals surface area contributed by atoms with Gasteiger partial charge in [-0.05, 0) is 26.0 Å². The fraction of sp³-hybridized carbons (Fsp3) is 0.400. The Morgan fingerprint density at radius 1 is 1.25 bits per heavy atom. The Bertz CT molecular complexity index is 578. The Morgan fingerprint density at radius 2 is 2.05 bits per heavy atom. The fourth-order valence-corrected chi connectivity index (χ4v) is 2.12. The molecule has 108 valence electrons. The quantitative estimate of drug-likeness (QED) is 0.880. The van der Waals surface area contributed by atoms with E-state index >= 15 is 0 Å². The predicted octanol–water partition coefficient (Wildman–Crippen LogP) is 2.84. The first kappa shape index (κ1) is 14.2. The highest BCUT2D eigenvalue weighted by Crippen LogP contribution is 2.29. The van der Waals surface area contributed by atoms with Crippen LogP contribution in [0.15, 0.2) is 24.4 Å². The summed E-state index contributed by atoms with van der Waals surface area (Å²) in [4.78, 5) is 0. The molecule has 1 N–H and O–H groups in total. The second-order valence-electron chi connectivity index (χ2n) is 4.49. The van der Waals surface area contributed by atoms with Crippen molar-refractivity contribution in [3.8, 4) is 11.5 Å². The van der Waals surface area contributed by atoms with Crippen molar-refractivity contribution < 1.29 is 9.47 Å². The number of nitrogens with one attached hydrogen (secondary N) is 1. The lowest BCUT2D eigenvalue weighted by atomic mass is 10.2. The first-order chi connectivity index (χ1) is 9.69. The van der Waals surface area contributed by atoms with Crippen LogP contribution in [0.4, 0.5) is 5.69 Å². The highest BCUT2D eigenvalue weighted by Gasteiger charge is 2.08. The van der Waals surface area contributed by atoms with Crippen molar-refractivity contribution in [3.63, 3.8) is 0 Å². The van der Waals surface area contributed by atoms with E-state index in [0.717, 1.165) is 23.7 Å². The maximum absolute atomic E-state index is 5.35. The summed E-state index contributed by atoms with van der Waals surface area (Å²) in [5, 5.41) is 7.72. The zero-order chi connectivity index (χ0) is 14.5. The minimum Gasteiger partial charge on any atom is -0.497 e. The molecule has 20 heavy (non-hydrogen) atoms. The lowest BCUT2D eigenvalue weighted by molar-refractivity contribution is 0.404. The third kappa shape index (κ3) is 2.87. The van der Waals surface area contributed by atoms with E-state index in [-0.39, 0.29) is 0 Å². The van der Waals surface area contributed by atoms with Gasteiger partial charge in [-0.3, -0.25) is 4.68 Å². The third-order valence-electron chi connectivity index (χ3n) is 3.38. The van der Waals surface area contributed by atoms with Crippen LogP contribution in [0.5, 0.6) is 11.5 Å². The molecule has 1 aromatic carbocycles. The van der Waals surface area contributed by atoms with Gasteiger partial charge in [-0.2, -0.15) is 5.10 Å². The molecular formula is C15H21N3O2. The van der Waals surface area contributed by atoms with Gasteiger partial charge in [0.15, 0.2) is 0 Å². The number of hydrogen-bond acceptors (Lipinski definition) is 4. The summed E-state index contributed by atoms with van der Waals surface area (Å²) >= 11 is 0. The number of ether oxygens (including phenoxy) is 2. The number of aryl methyl sites for hydroxylation is 1. The predicted molar refractivity (Wildman–Crippen MR) is 79.5 cm³/mol. The standard InChI is InChI=1S/C15H21N3O2/c1-5-18-11(2)12(10-17-18)9-16-14-8-13(19-3)6-7-15(14)20-4/h6-8,10,16H,5,9H2,1-4H3. The van der Waals surface area contributed by atoms with Crippen molar-refractivity contribution in [1.82, 2.24) is 9.78 Å². The molecule has 2 rings (SSSR count). The van der Waals surface area contributed by atoms with Gasteiger partial charge in [0.05, 0.1) is 26.1 Å². The van der Waals surface area contributed by atoms with Crippen molar-refractivity contribution in [1.29, 1.82) is 0 Å². The van der Waals surface area contributed by atoms with E-state index in [9.17, 15) is 0 Å². The molecule has 1 heterocycles. The van der Waals surface area contributed by atoms with Gasteiger partial charge < -0.3 is 14.8 Å². The molecule has 0 atom stereocenters. The topological polar surface area (TPSA) is 48.3 Å². The van der Waals surface area contributed by atoms with Gasteiger partial charge in [-0.1, -0.05) is 0 Å². The van der Waals surface area contributed by atoms with E-state index in [4.69, 9.17) is 9.47 Å². The van der Waals surface area contributed by atoms with Crippen LogP contribution in [-0.2, 0) is 13.1 Å². The molecule has 0 aliphatic rings. The molecule has 0 saturated carbocycles. The van der Waals surface area contributed by atoms with E-state index in [0.29, 0.717) is 6.54 Å². The SMILES string of the molecule is CCn1ncc(CNc2cc(OC)ccc2OC)c1C. The second-order valence-corrected chi connectivity index (χ2v) is 4.49. The third-order valence-corrected chi connectivity index (χ3v) is 3.38. The lowest BCUT2D eigenvalue weighted by Crippen LogP contribution is -2.04. The molecule has 5 heteroatoms. The molecule has 1 aromatic heterocycles. The number of aromatic nitrogens is 2. The molecule has 2 aromatic rings. The molecule has 0 saturated heterocycles. The summed E-state index contributed by atoms with van der Waals surface area (Å²) in [6, 6.07) is 5.70. The van der Waals surface area contributed by atoms with Gasteiger partial charge in [-0.25, -0.2) is 0 Å². The van der Waals surface area contributed by atoms with Gasteiger partial charge in [0.1, 0.15) is 11.5 Å². The normalized spacial score (nSPS) is 10.4. The lowest BCUT2D eigenvalue weighted by Gasteiger charge is -2.12.